The van der Waals surface area contributed by atoms with Crippen LogP contribution in [-0.4, -0.2) is 62.6 Å². The quantitative estimate of drug-likeness (QED) is 0.426. The summed E-state index contributed by atoms with van der Waals surface area (Å²) in [5, 5.41) is 2.87. The summed E-state index contributed by atoms with van der Waals surface area (Å²) >= 11 is 0. The van der Waals surface area contributed by atoms with Gasteiger partial charge in [-0.25, -0.2) is 0 Å². The molecular formula is C32H43N3O6. The van der Waals surface area contributed by atoms with Gasteiger partial charge in [0.15, 0.2) is 11.5 Å². The molecule has 3 atom stereocenters. The van der Waals surface area contributed by atoms with E-state index in [1.165, 1.54) is 0 Å². The first-order chi connectivity index (χ1) is 19.9. The first-order valence-electron chi connectivity index (χ1n) is 14.6. The number of nitrogens with one attached hydrogen (secondary N) is 1. The van der Waals surface area contributed by atoms with Crippen LogP contribution >= 0.6 is 0 Å². The number of benzene rings is 2. The van der Waals surface area contributed by atoms with E-state index in [0.29, 0.717) is 36.6 Å². The summed E-state index contributed by atoms with van der Waals surface area (Å²) in [6.45, 7) is 0.477. The van der Waals surface area contributed by atoms with Crippen molar-refractivity contribution in [2.24, 2.45) is 11.7 Å². The van der Waals surface area contributed by atoms with Gasteiger partial charge in [0.1, 0.15) is 12.1 Å². The average molecular weight is 566 g/mol. The van der Waals surface area contributed by atoms with Gasteiger partial charge in [0.05, 0.1) is 27.2 Å². The molecule has 2 unspecified atom stereocenters. The van der Waals surface area contributed by atoms with Gasteiger partial charge >= 0.3 is 0 Å². The van der Waals surface area contributed by atoms with Crippen molar-refractivity contribution in [3.63, 3.8) is 0 Å². The Labute approximate surface area is 242 Å². The van der Waals surface area contributed by atoms with Crippen molar-refractivity contribution >= 4 is 17.7 Å². The highest BCUT2D eigenvalue weighted by Gasteiger charge is 2.40. The number of amides is 3. The fourth-order valence-electron chi connectivity index (χ4n) is 6.35. The zero-order valence-electron chi connectivity index (χ0n) is 24.4. The number of carbonyl (C=O) groups excluding carboxylic acids is 3. The first-order valence-corrected chi connectivity index (χ1v) is 14.6. The third-order valence-corrected chi connectivity index (χ3v) is 8.46. The number of hydrogen-bond donors (Lipinski definition) is 2. The molecule has 41 heavy (non-hydrogen) atoms. The molecule has 2 aromatic rings. The smallest absolute Gasteiger partial charge is 0.243 e. The zero-order valence-corrected chi connectivity index (χ0v) is 24.4. The second kappa shape index (κ2) is 14.2. The lowest BCUT2D eigenvalue weighted by Crippen LogP contribution is -2.57. The molecule has 3 N–H and O–H groups in total. The van der Waals surface area contributed by atoms with Gasteiger partial charge in [0.25, 0.3) is 0 Å². The average Bonchev–Trinajstić information content (AvgIpc) is 3.01. The Morgan fingerprint density at radius 2 is 1.54 bits per heavy atom. The summed E-state index contributed by atoms with van der Waals surface area (Å²) in [7, 11) is 4.68. The molecule has 1 aliphatic heterocycles. The van der Waals surface area contributed by atoms with Crippen LogP contribution in [-0.2, 0) is 20.8 Å². The molecule has 0 radical (unpaired) electrons. The van der Waals surface area contributed by atoms with Crippen LogP contribution in [0.2, 0.25) is 0 Å². The molecule has 2 aromatic carbocycles. The minimum absolute atomic E-state index is 0.0790. The largest absolute Gasteiger partial charge is 0.493 e. The molecule has 222 valence electrons. The minimum atomic E-state index is -0.868. The molecule has 1 aliphatic carbocycles. The second-order valence-corrected chi connectivity index (χ2v) is 11.0. The van der Waals surface area contributed by atoms with E-state index >= 15 is 0 Å². The number of likely N-dealkylation sites (tertiary alicyclic amines) is 1. The molecule has 0 spiro atoms. The first kappa shape index (κ1) is 30.2. The lowest BCUT2D eigenvalue weighted by Gasteiger charge is -2.40. The van der Waals surface area contributed by atoms with Crippen molar-refractivity contribution in [2.45, 2.75) is 75.8 Å². The summed E-state index contributed by atoms with van der Waals surface area (Å²) < 4.78 is 16.8. The van der Waals surface area contributed by atoms with Crippen LogP contribution in [0.1, 0.15) is 68.4 Å². The SMILES string of the molecule is COc1cc(C(C(=O)N2CCCCC2C(=O)N[C@H](Cc2ccccc2)C(N)=O)C2CCCCC2)cc(OC)c1OC. The van der Waals surface area contributed by atoms with Crippen LogP contribution in [0.4, 0.5) is 0 Å². The van der Waals surface area contributed by atoms with Gasteiger partial charge in [0, 0.05) is 13.0 Å². The minimum Gasteiger partial charge on any atom is -0.493 e. The van der Waals surface area contributed by atoms with Gasteiger partial charge in [-0.2, -0.15) is 0 Å². The normalized spacial score (nSPS) is 19.1. The fraction of sp³-hybridized carbons (Fsp3) is 0.531. The number of piperidine rings is 1. The van der Waals surface area contributed by atoms with Gasteiger partial charge in [0.2, 0.25) is 23.5 Å². The number of nitrogens with zero attached hydrogens (tertiary/aromatic N) is 1. The molecule has 1 saturated carbocycles. The van der Waals surface area contributed by atoms with E-state index in [-0.39, 0.29) is 17.7 Å². The van der Waals surface area contributed by atoms with E-state index < -0.39 is 23.9 Å². The van der Waals surface area contributed by atoms with Gasteiger partial charge in [-0.15, -0.1) is 0 Å². The number of methoxy groups -OCH3 is 3. The summed E-state index contributed by atoms with van der Waals surface area (Å²) in [5.41, 5.74) is 7.38. The van der Waals surface area contributed by atoms with Crippen LogP contribution in [0, 0.1) is 5.92 Å². The van der Waals surface area contributed by atoms with E-state index in [4.69, 9.17) is 19.9 Å². The molecule has 2 fully saturated rings. The van der Waals surface area contributed by atoms with Crippen molar-refractivity contribution < 1.29 is 28.6 Å². The highest BCUT2D eigenvalue weighted by atomic mass is 16.5. The summed E-state index contributed by atoms with van der Waals surface area (Å²) in [4.78, 5) is 42.2. The molecule has 4 rings (SSSR count). The predicted molar refractivity (Wildman–Crippen MR) is 156 cm³/mol. The summed E-state index contributed by atoms with van der Waals surface area (Å²) in [6, 6.07) is 11.6. The van der Waals surface area contributed by atoms with Gasteiger partial charge in [-0.3, -0.25) is 14.4 Å². The number of ether oxygens (including phenoxy) is 3. The summed E-state index contributed by atoms with van der Waals surface area (Å²) in [5.74, 6) is 0.0971. The maximum absolute atomic E-state index is 14.5. The van der Waals surface area contributed by atoms with Gasteiger partial charge in [-0.05, 0) is 61.3 Å². The third kappa shape index (κ3) is 7.13. The maximum atomic E-state index is 14.5. The maximum Gasteiger partial charge on any atom is 0.243 e. The molecular weight excluding hydrogens is 522 g/mol. The second-order valence-electron chi connectivity index (χ2n) is 11.0. The van der Waals surface area contributed by atoms with Crippen molar-refractivity contribution in [2.75, 3.05) is 27.9 Å². The molecule has 0 aromatic heterocycles. The van der Waals surface area contributed by atoms with Crippen LogP contribution in [0.15, 0.2) is 42.5 Å². The molecule has 0 bridgehead atoms. The number of primary amides is 1. The van der Waals surface area contributed by atoms with Gasteiger partial charge < -0.3 is 30.2 Å². The Kier molecular flexibility index (Phi) is 10.5. The zero-order chi connectivity index (χ0) is 29.4. The molecule has 1 saturated heterocycles. The lowest BCUT2D eigenvalue weighted by atomic mass is 9.75. The monoisotopic (exact) mass is 565 g/mol. The van der Waals surface area contributed by atoms with Crippen LogP contribution in [0.3, 0.4) is 0 Å². The number of nitrogens with two attached hydrogens (primary N) is 1. The van der Waals surface area contributed by atoms with Crippen molar-refractivity contribution in [1.29, 1.82) is 0 Å². The number of rotatable bonds is 11. The van der Waals surface area contributed by atoms with E-state index in [1.54, 1.807) is 26.2 Å². The van der Waals surface area contributed by atoms with Crippen molar-refractivity contribution in [3.05, 3.63) is 53.6 Å². The molecule has 3 amide bonds. The highest BCUT2D eigenvalue weighted by molar-refractivity contribution is 5.93. The lowest BCUT2D eigenvalue weighted by molar-refractivity contribution is -0.145. The molecule has 9 heteroatoms. The third-order valence-electron chi connectivity index (χ3n) is 8.46. The molecule has 1 heterocycles. The fourth-order valence-corrected chi connectivity index (χ4v) is 6.35. The standard InChI is InChI=1S/C32H43N3O6/c1-39-26-19-23(20-27(40-2)29(26)41-3)28(22-14-8-5-9-15-22)32(38)35-17-11-10-16-25(35)31(37)34-24(30(33)36)18-21-12-6-4-7-13-21/h4,6-7,12-13,19-20,22,24-25,28H,5,8-11,14-18H2,1-3H3,(H2,33,36)(H,34,37)/t24-,25?,28?/m1/s1. The van der Waals surface area contributed by atoms with Crippen molar-refractivity contribution in [1.82, 2.24) is 10.2 Å². The van der Waals surface area contributed by atoms with E-state index in [0.717, 1.165) is 56.1 Å². The van der Waals surface area contributed by atoms with Crippen LogP contribution in [0.25, 0.3) is 0 Å². The van der Waals surface area contributed by atoms with Gasteiger partial charge in [-0.1, -0.05) is 49.6 Å². The predicted octanol–water partition coefficient (Wildman–Crippen LogP) is 3.97. The van der Waals surface area contributed by atoms with E-state index in [2.05, 4.69) is 5.32 Å². The summed E-state index contributed by atoms with van der Waals surface area (Å²) in [6.07, 6.45) is 7.57. The number of carbonyl (C=O) groups is 3. The Balaban J connectivity index is 1.64. The Morgan fingerprint density at radius 3 is 2.12 bits per heavy atom. The molecule has 9 nitrogen and oxygen atoms in total. The van der Waals surface area contributed by atoms with Crippen LogP contribution < -0.4 is 25.3 Å². The molecule has 2 aliphatic rings. The van der Waals surface area contributed by atoms with E-state index in [9.17, 15) is 14.4 Å². The Hall–Kier alpha value is -3.75. The highest BCUT2D eigenvalue weighted by Crippen LogP contribution is 2.45. The topological polar surface area (TPSA) is 120 Å². The Morgan fingerprint density at radius 1 is 0.902 bits per heavy atom. The van der Waals surface area contributed by atoms with E-state index in [1.807, 2.05) is 42.5 Å². The number of hydrogen-bond acceptors (Lipinski definition) is 6. The van der Waals surface area contributed by atoms with Crippen LogP contribution in [0.5, 0.6) is 17.2 Å². The van der Waals surface area contributed by atoms with Crippen molar-refractivity contribution in [3.8, 4) is 17.2 Å². The Bertz CT molecular complexity index is 1170.